The normalized spacial score (nSPS) is 14.2. The van der Waals surface area contributed by atoms with Crippen LogP contribution in [0, 0.1) is 12.8 Å². The van der Waals surface area contributed by atoms with Crippen molar-refractivity contribution in [1.82, 2.24) is 14.9 Å². The molecule has 1 amide bonds. The summed E-state index contributed by atoms with van der Waals surface area (Å²) in [5.74, 6) is 1.13. The molecule has 1 aliphatic rings. The van der Waals surface area contributed by atoms with Crippen LogP contribution >= 0.6 is 0 Å². The van der Waals surface area contributed by atoms with Crippen LogP contribution in [0.3, 0.4) is 0 Å². The number of aromatic nitrogens is 2. The van der Waals surface area contributed by atoms with Crippen molar-refractivity contribution in [3.05, 3.63) is 58.8 Å². The Morgan fingerprint density at radius 3 is 2.73 bits per heavy atom. The maximum Gasteiger partial charge on any atom is 0.223 e. The van der Waals surface area contributed by atoms with Crippen LogP contribution in [0.5, 0.6) is 5.88 Å². The number of nitrogens with one attached hydrogen (secondary N) is 1. The minimum Gasteiger partial charge on any atom is -0.471 e. The van der Waals surface area contributed by atoms with E-state index in [1.807, 2.05) is 43.1 Å². The number of amides is 1. The molecule has 0 saturated carbocycles. The van der Waals surface area contributed by atoms with E-state index in [0.717, 1.165) is 35.6 Å². The van der Waals surface area contributed by atoms with Crippen LogP contribution in [0.25, 0.3) is 0 Å². The highest BCUT2D eigenvalue weighted by Crippen LogP contribution is 2.23. The first kappa shape index (κ1) is 21.6. The predicted octanol–water partition coefficient (Wildman–Crippen LogP) is 3.40. The number of anilines is 1. The Bertz CT molecular complexity index is 918. The molecule has 0 unspecified atom stereocenters. The van der Waals surface area contributed by atoms with Gasteiger partial charge in [-0.05, 0) is 49.4 Å². The van der Waals surface area contributed by atoms with Crippen molar-refractivity contribution in [3.63, 3.8) is 0 Å². The zero-order valence-corrected chi connectivity index (χ0v) is 18.2. The number of fused-ring (bicyclic) bond motifs is 1. The number of aryl methyl sites for hydroxylation is 1. The zero-order valence-electron chi connectivity index (χ0n) is 18.2. The summed E-state index contributed by atoms with van der Waals surface area (Å²) in [6.45, 7) is 9.53. The van der Waals surface area contributed by atoms with Crippen molar-refractivity contribution in [3.8, 4) is 5.88 Å². The Morgan fingerprint density at radius 1 is 1.27 bits per heavy atom. The number of nitrogens with zero attached hydrogens (tertiary/aromatic N) is 3. The first-order valence-electron chi connectivity index (χ1n) is 10.3. The molecule has 7 nitrogen and oxygen atoms in total. The molecular formula is C23H31N5O2. The molecule has 3 heterocycles. The monoisotopic (exact) mass is 409 g/mol. The van der Waals surface area contributed by atoms with Crippen molar-refractivity contribution in [2.75, 3.05) is 18.5 Å². The van der Waals surface area contributed by atoms with E-state index in [-0.39, 0.29) is 12.5 Å². The van der Waals surface area contributed by atoms with Crippen molar-refractivity contribution < 1.29 is 9.53 Å². The van der Waals surface area contributed by atoms with Gasteiger partial charge in [0.05, 0.1) is 17.6 Å². The molecule has 3 N–H and O–H groups in total. The van der Waals surface area contributed by atoms with Gasteiger partial charge in [-0.15, -0.1) is 0 Å². The van der Waals surface area contributed by atoms with Crippen LogP contribution in [-0.2, 0) is 17.8 Å². The van der Waals surface area contributed by atoms with Gasteiger partial charge in [-0.1, -0.05) is 13.8 Å². The molecule has 0 radical (unpaired) electrons. The number of allylic oxidation sites excluding steroid dienone is 1. The highest BCUT2D eigenvalue weighted by atomic mass is 16.5. The second-order valence-corrected chi connectivity index (χ2v) is 8.22. The molecule has 7 heteroatoms. The second kappa shape index (κ2) is 9.61. The van der Waals surface area contributed by atoms with Crippen molar-refractivity contribution in [1.29, 1.82) is 0 Å². The number of carbonyl (C=O) groups is 1. The fraction of sp³-hybridized carbons (Fsp3) is 0.435. The van der Waals surface area contributed by atoms with E-state index in [1.54, 1.807) is 6.20 Å². The maximum atomic E-state index is 12.3. The van der Waals surface area contributed by atoms with Gasteiger partial charge in [-0.3, -0.25) is 9.78 Å². The Morgan fingerprint density at radius 2 is 2.07 bits per heavy atom. The number of nitrogens with two attached hydrogens (primary N) is 1. The minimum absolute atomic E-state index is 0.209. The molecular weight excluding hydrogens is 378 g/mol. The Hall–Kier alpha value is -3.09. The molecule has 0 fully saturated rings. The van der Waals surface area contributed by atoms with Gasteiger partial charge >= 0.3 is 0 Å². The smallest absolute Gasteiger partial charge is 0.223 e. The number of hydrogen-bond acceptors (Lipinski definition) is 6. The summed E-state index contributed by atoms with van der Waals surface area (Å²) in [5, 5.41) is 3.27. The molecule has 0 aromatic carbocycles. The first-order valence-corrected chi connectivity index (χ1v) is 10.3. The van der Waals surface area contributed by atoms with Crippen LogP contribution in [0.15, 0.2) is 42.0 Å². The molecule has 2 aromatic heterocycles. The summed E-state index contributed by atoms with van der Waals surface area (Å²) >= 11 is 0. The standard InChI is InChI=1S/C23H31N5O2/c1-15(2)9-23(29)28-8-7-18-10-22(26-11-19(18)13-28)30-14-21(17(4)24)27-20-6-5-16(3)25-12-20/h5-6,10-12,15,27H,7-9,13-14,24H2,1-4H3/b21-17-. The maximum absolute atomic E-state index is 12.3. The van der Waals surface area contributed by atoms with Gasteiger partial charge in [0.15, 0.2) is 0 Å². The van der Waals surface area contributed by atoms with Gasteiger partial charge in [0.1, 0.15) is 6.61 Å². The molecule has 3 rings (SSSR count). The molecule has 2 aromatic rings. The van der Waals surface area contributed by atoms with Crippen molar-refractivity contribution in [2.45, 2.75) is 47.1 Å². The van der Waals surface area contributed by atoms with Crippen LogP contribution in [0.4, 0.5) is 5.69 Å². The summed E-state index contributed by atoms with van der Waals surface area (Å²) in [5.41, 5.74) is 11.5. The number of carbonyl (C=O) groups excluding carboxylic acids is 1. The molecule has 0 aliphatic carbocycles. The highest BCUT2D eigenvalue weighted by Gasteiger charge is 2.22. The van der Waals surface area contributed by atoms with Crippen LogP contribution < -0.4 is 15.8 Å². The Balaban J connectivity index is 1.62. The highest BCUT2D eigenvalue weighted by molar-refractivity contribution is 5.76. The van der Waals surface area contributed by atoms with E-state index in [4.69, 9.17) is 10.5 Å². The van der Waals surface area contributed by atoms with Gasteiger partial charge in [-0.25, -0.2) is 4.98 Å². The van der Waals surface area contributed by atoms with Crippen molar-refractivity contribution in [2.24, 2.45) is 11.7 Å². The topological polar surface area (TPSA) is 93.4 Å². The fourth-order valence-electron chi connectivity index (χ4n) is 3.30. The van der Waals surface area contributed by atoms with Crippen LogP contribution in [0.2, 0.25) is 0 Å². The van der Waals surface area contributed by atoms with Crippen LogP contribution in [0.1, 0.15) is 44.0 Å². The third-order valence-corrected chi connectivity index (χ3v) is 5.05. The summed E-state index contributed by atoms with van der Waals surface area (Å²) in [6.07, 6.45) is 4.97. The first-order chi connectivity index (χ1) is 14.3. The molecule has 0 spiro atoms. The predicted molar refractivity (Wildman–Crippen MR) is 118 cm³/mol. The van der Waals surface area contributed by atoms with Gasteiger partial charge in [-0.2, -0.15) is 0 Å². The largest absolute Gasteiger partial charge is 0.471 e. The van der Waals surface area contributed by atoms with E-state index >= 15 is 0 Å². The lowest BCUT2D eigenvalue weighted by Crippen LogP contribution is -2.36. The van der Waals surface area contributed by atoms with E-state index in [2.05, 4.69) is 29.1 Å². The third-order valence-electron chi connectivity index (χ3n) is 5.05. The summed E-state index contributed by atoms with van der Waals surface area (Å²) in [7, 11) is 0. The van der Waals surface area contributed by atoms with E-state index in [1.165, 1.54) is 5.56 Å². The van der Waals surface area contributed by atoms with Crippen molar-refractivity contribution >= 4 is 11.6 Å². The SMILES string of the molecule is C/C(N)=C(\COc1cc2c(cn1)CN(C(=O)CC(C)C)CC2)Nc1ccc(C)nc1. The molecule has 1 aliphatic heterocycles. The van der Waals surface area contributed by atoms with Gasteiger partial charge < -0.3 is 20.7 Å². The summed E-state index contributed by atoms with van der Waals surface area (Å²) < 4.78 is 5.91. The lowest BCUT2D eigenvalue weighted by Gasteiger charge is -2.29. The zero-order chi connectivity index (χ0) is 21.7. The average Bonchev–Trinajstić information content (AvgIpc) is 2.71. The number of pyridine rings is 2. The molecule has 0 saturated heterocycles. The van der Waals surface area contributed by atoms with Gasteiger partial charge in [0, 0.05) is 43.2 Å². The second-order valence-electron chi connectivity index (χ2n) is 8.22. The Kier molecular flexibility index (Phi) is 6.92. The van der Waals surface area contributed by atoms with Gasteiger partial charge in [0.25, 0.3) is 0 Å². The van der Waals surface area contributed by atoms with Crippen LogP contribution in [-0.4, -0.2) is 33.9 Å². The molecule has 160 valence electrons. The number of rotatable bonds is 7. The Labute approximate surface area is 178 Å². The van der Waals surface area contributed by atoms with Gasteiger partial charge in [0.2, 0.25) is 11.8 Å². The average molecular weight is 410 g/mol. The van der Waals surface area contributed by atoms with E-state index < -0.39 is 0 Å². The lowest BCUT2D eigenvalue weighted by molar-refractivity contribution is -0.132. The minimum atomic E-state index is 0.209. The number of ether oxygens (including phenoxy) is 1. The summed E-state index contributed by atoms with van der Waals surface area (Å²) in [4.78, 5) is 23.0. The quantitative estimate of drug-likeness (QED) is 0.728. The number of hydrogen-bond donors (Lipinski definition) is 2. The molecule has 30 heavy (non-hydrogen) atoms. The lowest BCUT2D eigenvalue weighted by atomic mass is 10.0. The van der Waals surface area contributed by atoms with E-state index in [0.29, 0.717) is 30.5 Å². The molecule has 0 bridgehead atoms. The summed E-state index contributed by atoms with van der Waals surface area (Å²) in [6, 6.07) is 5.86. The third kappa shape index (κ3) is 5.72. The molecule has 0 atom stereocenters. The van der Waals surface area contributed by atoms with E-state index in [9.17, 15) is 4.79 Å². The fourth-order valence-corrected chi connectivity index (χ4v) is 3.30.